The maximum Gasteiger partial charge on any atom is 0.254 e. The number of ether oxygens (including phenoxy) is 2. The van der Waals surface area contributed by atoms with Crippen LogP contribution in [0.15, 0.2) is 18.3 Å². The highest BCUT2D eigenvalue weighted by Crippen LogP contribution is 2.24. The van der Waals surface area contributed by atoms with Crippen LogP contribution in [0.4, 0.5) is 0 Å². The second kappa shape index (κ2) is 6.95. The molecule has 1 aromatic heterocycles. The van der Waals surface area contributed by atoms with Gasteiger partial charge in [-0.25, -0.2) is 4.98 Å². The van der Waals surface area contributed by atoms with Gasteiger partial charge in [-0.3, -0.25) is 9.59 Å². The summed E-state index contributed by atoms with van der Waals surface area (Å²) in [4.78, 5) is 30.1. The number of nitrogens with zero attached hydrogens (tertiary/aromatic N) is 2. The highest BCUT2D eigenvalue weighted by molar-refractivity contribution is 5.95. The summed E-state index contributed by atoms with van der Waals surface area (Å²) in [5.41, 5.74) is 0.520. The lowest BCUT2D eigenvalue weighted by Crippen LogP contribution is -2.51. The predicted molar refractivity (Wildman–Crippen MR) is 82.2 cm³/mol. The molecule has 0 radical (unpaired) electrons. The highest BCUT2D eigenvalue weighted by atomic mass is 16.5. The van der Waals surface area contributed by atoms with Crippen LogP contribution in [-0.4, -0.2) is 60.7 Å². The molecule has 1 saturated carbocycles. The van der Waals surface area contributed by atoms with Gasteiger partial charge in [0.05, 0.1) is 13.2 Å². The molecule has 1 aromatic rings. The topological polar surface area (TPSA) is 80.8 Å². The van der Waals surface area contributed by atoms with Gasteiger partial charge < -0.3 is 19.7 Å². The maximum absolute atomic E-state index is 12.6. The van der Waals surface area contributed by atoms with Gasteiger partial charge >= 0.3 is 0 Å². The minimum Gasteiger partial charge on any atom is -0.474 e. The largest absolute Gasteiger partial charge is 0.474 e. The SMILES string of the molecule is CNC(=O)C1CN(C(=O)c2ccnc(OC3CCC3)c2)CCO1. The van der Waals surface area contributed by atoms with E-state index < -0.39 is 6.10 Å². The van der Waals surface area contributed by atoms with Crippen molar-refractivity contribution in [3.05, 3.63) is 23.9 Å². The molecule has 0 aromatic carbocycles. The van der Waals surface area contributed by atoms with E-state index in [0.717, 1.165) is 12.8 Å². The minimum absolute atomic E-state index is 0.136. The smallest absolute Gasteiger partial charge is 0.254 e. The first-order valence-corrected chi connectivity index (χ1v) is 7.92. The number of hydrogen-bond acceptors (Lipinski definition) is 5. The number of aromatic nitrogens is 1. The van der Waals surface area contributed by atoms with Crippen molar-refractivity contribution in [2.45, 2.75) is 31.5 Å². The normalized spacial score (nSPS) is 21.4. The Morgan fingerprint density at radius 3 is 2.96 bits per heavy atom. The second-order valence-corrected chi connectivity index (χ2v) is 5.78. The van der Waals surface area contributed by atoms with Gasteiger partial charge in [0, 0.05) is 31.4 Å². The lowest BCUT2D eigenvalue weighted by molar-refractivity contribution is -0.136. The van der Waals surface area contributed by atoms with E-state index in [1.165, 1.54) is 6.42 Å². The van der Waals surface area contributed by atoms with E-state index in [1.54, 1.807) is 30.3 Å². The third-order valence-electron chi connectivity index (χ3n) is 4.21. The summed E-state index contributed by atoms with van der Waals surface area (Å²) in [7, 11) is 1.55. The van der Waals surface area contributed by atoms with E-state index in [9.17, 15) is 9.59 Å². The molecule has 2 aliphatic rings. The lowest BCUT2D eigenvalue weighted by Gasteiger charge is -2.32. The number of rotatable bonds is 4. The van der Waals surface area contributed by atoms with Crippen molar-refractivity contribution >= 4 is 11.8 Å². The molecule has 0 spiro atoms. The summed E-state index contributed by atoms with van der Waals surface area (Å²) in [6.07, 6.45) is 4.43. The summed E-state index contributed by atoms with van der Waals surface area (Å²) in [5, 5.41) is 2.55. The summed E-state index contributed by atoms with van der Waals surface area (Å²) < 4.78 is 11.1. The van der Waals surface area contributed by atoms with Gasteiger partial charge in [0.15, 0.2) is 6.10 Å². The molecular formula is C16H21N3O4. The summed E-state index contributed by atoms with van der Waals surface area (Å²) in [6, 6.07) is 3.34. The van der Waals surface area contributed by atoms with Crippen LogP contribution in [0.3, 0.4) is 0 Å². The molecule has 1 unspecified atom stereocenters. The molecule has 1 N–H and O–H groups in total. The van der Waals surface area contributed by atoms with Crippen LogP contribution in [0.5, 0.6) is 5.88 Å². The monoisotopic (exact) mass is 319 g/mol. The lowest BCUT2D eigenvalue weighted by atomic mass is 9.96. The van der Waals surface area contributed by atoms with Gasteiger partial charge in [-0.15, -0.1) is 0 Å². The first-order chi connectivity index (χ1) is 11.2. The molecule has 2 fully saturated rings. The van der Waals surface area contributed by atoms with E-state index in [4.69, 9.17) is 9.47 Å². The van der Waals surface area contributed by atoms with Crippen LogP contribution in [0.1, 0.15) is 29.6 Å². The zero-order valence-corrected chi connectivity index (χ0v) is 13.2. The number of carbonyl (C=O) groups excluding carboxylic acids is 2. The van der Waals surface area contributed by atoms with E-state index in [1.807, 2.05) is 0 Å². The Kier molecular flexibility index (Phi) is 4.76. The van der Waals surface area contributed by atoms with E-state index in [0.29, 0.717) is 24.6 Å². The van der Waals surface area contributed by atoms with Crippen LogP contribution in [0, 0.1) is 0 Å². The highest BCUT2D eigenvalue weighted by Gasteiger charge is 2.29. The molecule has 1 atom stereocenters. The molecule has 0 bridgehead atoms. The summed E-state index contributed by atoms with van der Waals surface area (Å²) >= 11 is 0. The van der Waals surface area contributed by atoms with Gasteiger partial charge in [-0.2, -0.15) is 0 Å². The Morgan fingerprint density at radius 2 is 2.26 bits per heavy atom. The van der Waals surface area contributed by atoms with Gasteiger partial charge in [0.1, 0.15) is 6.10 Å². The van der Waals surface area contributed by atoms with E-state index in [2.05, 4.69) is 10.3 Å². The first kappa shape index (κ1) is 15.7. The number of amides is 2. The van der Waals surface area contributed by atoms with Gasteiger partial charge in [0.25, 0.3) is 11.8 Å². The van der Waals surface area contributed by atoms with Crippen molar-refractivity contribution in [2.75, 3.05) is 26.7 Å². The fraction of sp³-hybridized carbons (Fsp3) is 0.562. The molecule has 1 aliphatic heterocycles. The van der Waals surface area contributed by atoms with Crippen molar-refractivity contribution in [1.29, 1.82) is 0 Å². The molecule has 7 nitrogen and oxygen atoms in total. The maximum atomic E-state index is 12.6. The van der Waals surface area contributed by atoms with Crippen LogP contribution in [0.25, 0.3) is 0 Å². The zero-order chi connectivity index (χ0) is 16.2. The molecule has 1 aliphatic carbocycles. The Morgan fingerprint density at radius 1 is 1.43 bits per heavy atom. The molecule has 2 amide bonds. The van der Waals surface area contributed by atoms with Gasteiger partial charge in [-0.05, 0) is 25.3 Å². The predicted octanol–water partition coefficient (Wildman–Crippen LogP) is 0.600. The number of nitrogens with one attached hydrogen (secondary N) is 1. The fourth-order valence-corrected chi connectivity index (χ4v) is 2.60. The second-order valence-electron chi connectivity index (χ2n) is 5.78. The van der Waals surface area contributed by atoms with Crippen molar-refractivity contribution in [3.8, 4) is 5.88 Å². The molecule has 3 rings (SSSR count). The quantitative estimate of drug-likeness (QED) is 0.879. The molecular weight excluding hydrogens is 298 g/mol. The fourth-order valence-electron chi connectivity index (χ4n) is 2.60. The first-order valence-electron chi connectivity index (χ1n) is 7.92. The summed E-state index contributed by atoms with van der Waals surface area (Å²) in [6.45, 7) is 1.06. The van der Waals surface area contributed by atoms with Crippen LogP contribution in [0.2, 0.25) is 0 Å². The minimum atomic E-state index is -0.620. The van der Waals surface area contributed by atoms with Crippen molar-refractivity contribution in [1.82, 2.24) is 15.2 Å². The van der Waals surface area contributed by atoms with Crippen molar-refractivity contribution in [3.63, 3.8) is 0 Å². The molecule has 23 heavy (non-hydrogen) atoms. The van der Waals surface area contributed by atoms with E-state index >= 15 is 0 Å². The Labute approximate surface area is 135 Å². The molecule has 1 saturated heterocycles. The van der Waals surface area contributed by atoms with Crippen LogP contribution in [-0.2, 0) is 9.53 Å². The Balaban J connectivity index is 1.66. The number of hydrogen-bond donors (Lipinski definition) is 1. The number of likely N-dealkylation sites (N-methyl/N-ethyl adjacent to an activating group) is 1. The van der Waals surface area contributed by atoms with Crippen molar-refractivity contribution < 1.29 is 19.1 Å². The number of morpholine rings is 1. The molecule has 7 heteroatoms. The van der Waals surface area contributed by atoms with Crippen LogP contribution < -0.4 is 10.1 Å². The average Bonchev–Trinajstić information content (AvgIpc) is 2.57. The van der Waals surface area contributed by atoms with Crippen molar-refractivity contribution in [2.24, 2.45) is 0 Å². The molecule has 2 heterocycles. The third-order valence-corrected chi connectivity index (χ3v) is 4.21. The van der Waals surface area contributed by atoms with Crippen LogP contribution >= 0.6 is 0 Å². The third kappa shape index (κ3) is 3.61. The average molecular weight is 319 g/mol. The zero-order valence-electron chi connectivity index (χ0n) is 13.2. The molecule has 124 valence electrons. The number of pyridine rings is 1. The van der Waals surface area contributed by atoms with Gasteiger partial charge in [-0.1, -0.05) is 0 Å². The standard InChI is InChI=1S/C16H21N3O4/c1-17-15(20)13-10-19(7-8-22-13)16(21)11-5-6-18-14(9-11)23-12-3-2-4-12/h5-6,9,12-13H,2-4,7-8,10H2,1H3,(H,17,20). The number of carbonyl (C=O) groups is 2. The summed E-state index contributed by atoms with van der Waals surface area (Å²) in [5.74, 6) is 0.131. The Hall–Kier alpha value is -2.15. The Bertz CT molecular complexity index is 588. The van der Waals surface area contributed by atoms with Gasteiger partial charge in [0.2, 0.25) is 5.88 Å². The van der Waals surface area contributed by atoms with E-state index in [-0.39, 0.29) is 24.5 Å².